The van der Waals surface area contributed by atoms with Crippen molar-refractivity contribution < 1.29 is 4.74 Å². The second-order valence-electron chi connectivity index (χ2n) is 5.49. The molecule has 20 heavy (non-hydrogen) atoms. The van der Waals surface area contributed by atoms with Crippen molar-refractivity contribution in [2.24, 2.45) is 7.05 Å². The molecular formula is C14H23N5O. The van der Waals surface area contributed by atoms with E-state index >= 15 is 0 Å². The lowest BCUT2D eigenvalue weighted by Crippen LogP contribution is -2.21. The Balaban J connectivity index is 1.83. The summed E-state index contributed by atoms with van der Waals surface area (Å²) < 4.78 is 9.74. The standard InChI is InChI=1S/C14H23N5O/c1-3-11-12-13(18(2)17-11)19(14(15)16-12)8-7-10-6-4-5-9-20-10/h10H,3-9H2,1-2H3,(H2,15,16). The first-order chi connectivity index (χ1) is 9.70. The molecule has 0 amide bonds. The zero-order valence-electron chi connectivity index (χ0n) is 12.3. The highest BCUT2D eigenvalue weighted by atomic mass is 16.5. The van der Waals surface area contributed by atoms with Crippen molar-refractivity contribution in [1.29, 1.82) is 0 Å². The minimum Gasteiger partial charge on any atom is -0.378 e. The zero-order valence-corrected chi connectivity index (χ0v) is 12.3. The van der Waals surface area contributed by atoms with Gasteiger partial charge in [0.1, 0.15) is 5.52 Å². The van der Waals surface area contributed by atoms with Gasteiger partial charge in [-0.15, -0.1) is 0 Å². The number of hydrogen-bond acceptors (Lipinski definition) is 4. The van der Waals surface area contributed by atoms with E-state index in [0.29, 0.717) is 12.1 Å². The van der Waals surface area contributed by atoms with Crippen molar-refractivity contribution in [1.82, 2.24) is 19.3 Å². The van der Waals surface area contributed by atoms with E-state index in [2.05, 4.69) is 21.6 Å². The molecule has 0 aromatic carbocycles. The topological polar surface area (TPSA) is 70.9 Å². The zero-order chi connectivity index (χ0) is 14.1. The summed E-state index contributed by atoms with van der Waals surface area (Å²) >= 11 is 0. The molecule has 6 nitrogen and oxygen atoms in total. The Labute approximate surface area is 118 Å². The molecule has 2 aromatic heterocycles. The van der Waals surface area contributed by atoms with E-state index < -0.39 is 0 Å². The fourth-order valence-corrected chi connectivity index (χ4v) is 3.03. The van der Waals surface area contributed by atoms with Crippen LogP contribution in [0.2, 0.25) is 0 Å². The van der Waals surface area contributed by atoms with Gasteiger partial charge in [0, 0.05) is 20.2 Å². The third kappa shape index (κ3) is 2.28. The molecule has 1 aliphatic heterocycles. The van der Waals surface area contributed by atoms with Gasteiger partial charge in [-0.2, -0.15) is 5.10 Å². The molecule has 0 radical (unpaired) electrons. The first-order valence-corrected chi connectivity index (χ1v) is 7.50. The number of aromatic nitrogens is 4. The fourth-order valence-electron chi connectivity index (χ4n) is 3.03. The summed E-state index contributed by atoms with van der Waals surface area (Å²) in [5.74, 6) is 0.582. The second kappa shape index (κ2) is 5.44. The van der Waals surface area contributed by atoms with Gasteiger partial charge < -0.3 is 10.5 Å². The Hall–Kier alpha value is -1.56. The normalized spacial score (nSPS) is 19.8. The summed E-state index contributed by atoms with van der Waals surface area (Å²) in [6.07, 6.45) is 5.84. The lowest BCUT2D eigenvalue weighted by Gasteiger charge is -2.22. The van der Waals surface area contributed by atoms with Gasteiger partial charge in [0.05, 0.1) is 11.8 Å². The number of imidazole rings is 1. The van der Waals surface area contributed by atoms with Crippen LogP contribution in [0.15, 0.2) is 0 Å². The summed E-state index contributed by atoms with van der Waals surface area (Å²) in [5.41, 5.74) is 9.06. The van der Waals surface area contributed by atoms with Gasteiger partial charge in [0.15, 0.2) is 5.65 Å². The highest BCUT2D eigenvalue weighted by Crippen LogP contribution is 2.23. The first kappa shape index (κ1) is 13.4. The Morgan fingerprint density at radius 1 is 1.40 bits per heavy atom. The predicted molar refractivity (Wildman–Crippen MR) is 78.5 cm³/mol. The van der Waals surface area contributed by atoms with Crippen LogP contribution < -0.4 is 5.73 Å². The average Bonchev–Trinajstić information content (AvgIpc) is 2.95. The summed E-state index contributed by atoms with van der Waals surface area (Å²) in [6.45, 7) is 3.83. The van der Waals surface area contributed by atoms with Gasteiger partial charge in [0.2, 0.25) is 5.95 Å². The van der Waals surface area contributed by atoms with E-state index in [1.807, 2.05) is 11.7 Å². The second-order valence-corrected chi connectivity index (χ2v) is 5.49. The van der Waals surface area contributed by atoms with Crippen LogP contribution in [0.4, 0.5) is 5.95 Å². The predicted octanol–water partition coefficient (Wildman–Crippen LogP) is 1.87. The number of ether oxygens (including phenoxy) is 1. The number of aryl methyl sites for hydroxylation is 3. The first-order valence-electron chi connectivity index (χ1n) is 7.50. The smallest absolute Gasteiger partial charge is 0.202 e. The van der Waals surface area contributed by atoms with Gasteiger partial charge >= 0.3 is 0 Å². The van der Waals surface area contributed by atoms with Crippen molar-refractivity contribution in [2.45, 2.75) is 51.7 Å². The Kier molecular flexibility index (Phi) is 3.65. The van der Waals surface area contributed by atoms with Crippen LogP contribution in [0.1, 0.15) is 38.3 Å². The SMILES string of the molecule is CCc1nn(C)c2c1nc(N)n2CCC1CCCCO1. The van der Waals surface area contributed by atoms with Crippen LogP contribution in [-0.4, -0.2) is 32.0 Å². The molecule has 3 rings (SSSR count). The highest BCUT2D eigenvalue weighted by Gasteiger charge is 2.19. The summed E-state index contributed by atoms with van der Waals surface area (Å²) in [5, 5.41) is 4.51. The maximum absolute atomic E-state index is 6.08. The van der Waals surface area contributed by atoms with E-state index in [-0.39, 0.29) is 0 Å². The summed E-state index contributed by atoms with van der Waals surface area (Å²) in [7, 11) is 1.95. The van der Waals surface area contributed by atoms with Crippen LogP contribution in [0, 0.1) is 0 Å². The lowest BCUT2D eigenvalue weighted by molar-refractivity contribution is 0.00902. The summed E-state index contributed by atoms with van der Waals surface area (Å²) in [4.78, 5) is 4.49. The van der Waals surface area contributed by atoms with Gasteiger partial charge in [0.25, 0.3) is 0 Å². The molecule has 1 atom stereocenters. The third-order valence-corrected chi connectivity index (χ3v) is 4.10. The molecule has 3 heterocycles. The van der Waals surface area contributed by atoms with Gasteiger partial charge in [-0.25, -0.2) is 4.98 Å². The number of fused-ring (bicyclic) bond motifs is 1. The van der Waals surface area contributed by atoms with E-state index in [1.165, 1.54) is 12.8 Å². The molecule has 0 aliphatic carbocycles. The van der Waals surface area contributed by atoms with Crippen molar-refractivity contribution in [3.63, 3.8) is 0 Å². The molecule has 2 aromatic rings. The average molecular weight is 277 g/mol. The maximum Gasteiger partial charge on any atom is 0.202 e. The molecule has 1 fully saturated rings. The van der Waals surface area contributed by atoms with Crippen molar-refractivity contribution in [3.05, 3.63) is 5.69 Å². The monoisotopic (exact) mass is 277 g/mol. The van der Waals surface area contributed by atoms with Crippen molar-refractivity contribution >= 4 is 17.1 Å². The van der Waals surface area contributed by atoms with Gasteiger partial charge in [-0.1, -0.05) is 6.92 Å². The number of rotatable bonds is 4. The van der Waals surface area contributed by atoms with Crippen LogP contribution in [0.25, 0.3) is 11.2 Å². The Bertz CT molecular complexity index is 594. The number of nitrogens with zero attached hydrogens (tertiary/aromatic N) is 4. The lowest BCUT2D eigenvalue weighted by atomic mass is 10.1. The summed E-state index contributed by atoms with van der Waals surface area (Å²) in [6, 6.07) is 0. The molecule has 2 N–H and O–H groups in total. The quantitative estimate of drug-likeness (QED) is 0.926. The minimum atomic E-state index is 0.361. The third-order valence-electron chi connectivity index (χ3n) is 4.10. The van der Waals surface area contributed by atoms with E-state index in [1.54, 1.807) is 0 Å². The van der Waals surface area contributed by atoms with Crippen molar-refractivity contribution in [3.8, 4) is 0 Å². The molecule has 0 spiro atoms. The molecular weight excluding hydrogens is 254 g/mol. The van der Waals surface area contributed by atoms with Crippen molar-refractivity contribution in [2.75, 3.05) is 12.3 Å². The number of anilines is 1. The molecule has 1 aliphatic rings. The van der Waals surface area contributed by atoms with E-state index in [0.717, 1.165) is 49.3 Å². The number of hydrogen-bond donors (Lipinski definition) is 1. The van der Waals surface area contributed by atoms with E-state index in [9.17, 15) is 0 Å². The molecule has 6 heteroatoms. The highest BCUT2D eigenvalue weighted by molar-refractivity contribution is 5.77. The van der Waals surface area contributed by atoms with Crippen LogP contribution in [-0.2, 0) is 24.8 Å². The molecule has 0 saturated carbocycles. The fraction of sp³-hybridized carbons (Fsp3) is 0.714. The van der Waals surface area contributed by atoms with Crippen LogP contribution >= 0.6 is 0 Å². The Morgan fingerprint density at radius 3 is 2.95 bits per heavy atom. The number of nitrogen functional groups attached to an aromatic ring is 1. The molecule has 0 bridgehead atoms. The molecule has 1 unspecified atom stereocenters. The largest absolute Gasteiger partial charge is 0.378 e. The van der Waals surface area contributed by atoms with Gasteiger partial charge in [-0.05, 0) is 32.1 Å². The number of nitrogens with two attached hydrogens (primary N) is 1. The van der Waals surface area contributed by atoms with Crippen LogP contribution in [0.5, 0.6) is 0 Å². The molecule has 1 saturated heterocycles. The van der Waals surface area contributed by atoms with Crippen LogP contribution in [0.3, 0.4) is 0 Å². The minimum absolute atomic E-state index is 0.361. The maximum atomic E-state index is 6.08. The van der Waals surface area contributed by atoms with Gasteiger partial charge in [-0.3, -0.25) is 9.25 Å². The Morgan fingerprint density at radius 2 is 2.25 bits per heavy atom. The molecule has 110 valence electrons. The van der Waals surface area contributed by atoms with E-state index in [4.69, 9.17) is 10.5 Å².